The molecule has 2 N–H and O–H groups in total. The summed E-state index contributed by atoms with van der Waals surface area (Å²) < 4.78 is 13.3. The number of aryl methyl sites for hydroxylation is 1. The van der Waals surface area contributed by atoms with Crippen LogP contribution in [0.4, 0.5) is 10.1 Å². The molecule has 0 saturated carbocycles. The predicted molar refractivity (Wildman–Crippen MR) is 71.6 cm³/mol. The average Bonchev–Trinajstić information content (AvgIpc) is 2.34. The second kappa shape index (κ2) is 5.52. The molecule has 2 aromatic carbocycles. The van der Waals surface area contributed by atoms with Crippen LogP contribution in [0.1, 0.15) is 11.1 Å². The van der Waals surface area contributed by atoms with Crippen LogP contribution in [0.5, 0.6) is 5.75 Å². The third-order valence-electron chi connectivity index (χ3n) is 2.73. The van der Waals surface area contributed by atoms with Crippen LogP contribution in [0.15, 0.2) is 42.5 Å². The number of rotatable bonds is 3. The highest BCUT2D eigenvalue weighted by Crippen LogP contribution is 2.15. The van der Waals surface area contributed by atoms with E-state index in [9.17, 15) is 14.3 Å². The number of anilines is 1. The zero-order valence-electron chi connectivity index (χ0n) is 10.5. The van der Waals surface area contributed by atoms with Crippen molar-refractivity contribution in [3.8, 4) is 5.75 Å². The standard InChI is InChI=1S/C15H14FNO2/c1-10-5-6-12(9-14(10)16)17-15(19)8-11-3-2-4-13(18)7-11/h2-7,9,18H,8H2,1H3,(H,17,19). The van der Waals surface area contributed by atoms with E-state index < -0.39 is 0 Å². The number of aromatic hydroxyl groups is 1. The summed E-state index contributed by atoms with van der Waals surface area (Å²) in [7, 11) is 0. The molecule has 98 valence electrons. The van der Waals surface area contributed by atoms with Crippen molar-refractivity contribution in [1.29, 1.82) is 0 Å². The molecule has 0 unspecified atom stereocenters. The van der Waals surface area contributed by atoms with Crippen molar-refractivity contribution in [3.05, 3.63) is 59.4 Å². The van der Waals surface area contributed by atoms with Gasteiger partial charge >= 0.3 is 0 Å². The summed E-state index contributed by atoms with van der Waals surface area (Å²) in [5.74, 6) is -0.490. The van der Waals surface area contributed by atoms with Crippen LogP contribution in [0.2, 0.25) is 0 Å². The van der Waals surface area contributed by atoms with Crippen molar-refractivity contribution in [1.82, 2.24) is 0 Å². The predicted octanol–water partition coefficient (Wildman–Crippen LogP) is 3.02. The third-order valence-corrected chi connectivity index (χ3v) is 2.73. The lowest BCUT2D eigenvalue weighted by atomic mass is 10.1. The Morgan fingerprint density at radius 1 is 1.26 bits per heavy atom. The summed E-state index contributed by atoms with van der Waals surface area (Å²) in [5.41, 5.74) is 1.66. The number of hydrogen-bond donors (Lipinski definition) is 2. The van der Waals surface area contributed by atoms with Crippen molar-refractivity contribution < 1.29 is 14.3 Å². The monoisotopic (exact) mass is 259 g/mol. The lowest BCUT2D eigenvalue weighted by molar-refractivity contribution is -0.115. The van der Waals surface area contributed by atoms with E-state index in [-0.39, 0.29) is 23.9 Å². The summed E-state index contributed by atoms with van der Waals surface area (Å²) in [6.07, 6.45) is 0.129. The van der Waals surface area contributed by atoms with Crippen LogP contribution in [0.3, 0.4) is 0 Å². The number of carbonyl (C=O) groups excluding carboxylic acids is 1. The van der Waals surface area contributed by atoms with Gasteiger partial charge in [-0.05, 0) is 42.3 Å². The Labute approximate surface area is 110 Å². The summed E-state index contributed by atoms with van der Waals surface area (Å²) >= 11 is 0. The van der Waals surface area contributed by atoms with E-state index in [0.29, 0.717) is 16.8 Å². The van der Waals surface area contributed by atoms with Crippen molar-refractivity contribution in [2.75, 3.05) is 5.32 Å². The Morgan fingerprint density at radius 3 is 2.74 bits per heavy atom. The molecule has 0 aromatic heterocycles. The molecule has 0 aliphatic carbocycles. The Kier molecular flexibility index (Phi) is 3.80. The molecule has 0 aliphatic heterocycles. The average molecular weight is 259 g/mol. The van der Waals surface area contributed by atoms with E-state index in [4.69, 9.17) is 0 Å². The van der Waals surface area contributed by atoms with Gasteiger partial charge in [0.05, 0.1) is 6.42 Å². The van der Waals surface area contributed by atoms with Crippen LogP contribution < -0.4 is 5.32 Å². The largest absolute Gasteiger partial charge is 0.508 e. The molecule has 0 fully saturated rings. The first-order valence-corrected chi connectivity index (χ1v) is 5.88. The Hall–Kier alpha value is -2.36. The molecule has 0 heterocycles. The molecule has 0 saturated heterocycles. The lowest BCUT2D eigenvalue weighted by Crippen LogP contribution is -2.14. The number of carbonyl (C=O) groups is 1. The minimum atomic E-state index is -0.352. The molecule has 0 radical (unpaired) electrons. The van der Waals surface area contributed by atoms with Crippen LogP contribution in [-0.4, -0.2) is 11.0 Å². The van der Waals surface area contributed by atoms with Crippen LogP contribution in [-0.2, 0) is 11.2 Å². The van der Waals surface area contributed by atoms with Gasteiger partial charge in [0.15, 0.2) is 0 Å². The fraction of sp³-hybridized carbons (Fsp3) is 0.133. The van der Waals surface area contributed by atoms with Gasteiger partial charge in [-0.3, -0.25) is 4.79 Å². The van der Waals surface area contributed by atoms with Crippen LogP contribution in [0.25, 0.3) is 0 Å². The van der Waals surface area contributed by atoms with Crippen molar-refractivity contribution in [2.45, 2.75) is 13.3 Å². The zero-order valence-corrected chi connectivity index (χ0v) is 10.5. The molecule has 0 spiro atoms. The molecule has 2 rings (SSSR count). The highest BCUT2D eigenvalue weighted by atomic mass is 19.1. The first-order chi connectivity index (χ1) is 9.04. The number of halogens is 1. The number of nitrogens with one attached hydrogen (secondary N) is 1. The molecular weight excluding hydrogens is 245 g/mol. The van der Waals surface area contributed by atoms with Crippen molar-refractivity contribution in [3.63, 3.8) is 0 Å². The highest BCUT2D eigenvalue weighted by molar-refractivity contribution is 5.92. The maximum absolute atomic E-state index is 13.3. The topological polar surface area (TPSA) is 49.3 Å². The number of amides is 1. The first-order valence-electron chi connectivity index (χ1n) is 5.88. The van der Waals surface area contributed by atoms with E-state index in [1.165, 1.54) is 18.2 Å². The minimum Gasteiger partial charge on any atom is -0.508 e. The minimum absolute atomic E-state index is 0.117. The fourth-order valence-electron chi connectivity index (χ4n) is 1.73. The molecule has 0 atom stereocenters. The highest BCUT2D eigenvalue weighted by Gasteiger charge is 2.06. The molecule has 1 amide bonds. The number of phenols is 1. The third kappa shape index (κ3) is 3.55. The maximum atomic E-state index is 13.3. The van der Waals surface area contributed by atoms with Gasteiger partial charge < -0.3 is 10.4 Å². The van der Waals surface area contributed by atoms with Gasteiger partial charge in [0, 0.05) is 5.69 Å². The molecule has 0 aliphatic rings. The van der Waals surface area contributed by atoms with Crippen LogP contribution in [0, 0.1) is 12.7 Å². The first kappa shape index (κ1) is 13.1. The Balaban J connectivity index is 2.03. The van der Waals surface area contributed by atoms with E-state index in [1.54, 1.807) is 31.2 Å². The normalized spacial score (nSPS) is 10.2. The zero-order chi connectivity index (χ0) is 13.8. The quantitative estimate of drug-likeness (QED) is 0.890. The number of hydrogen-bond acceptors (Lipinski definition) is 2. The van der Waals surface area contributed by atoms with Gasteiger partial charge in [-0.1, -0.05) is 18.2 Å². The van der Waals surface area contributed by atoms with Gasteiger partial charge in [0.2, 0.25) is 5.91 Å². The summed E-state index contributed by atoms with van der Waals surface area (Å²) in [6, 6.07) is 11.0. The Morgan fingerprint density at radius 2 is 2.05 bits per heavy atom. The van der Waals surface area contributed by atoms with Gasteiger partial charge in [-0.2, -0.15) is 0 Å². The van der Waals surface area contributed by atoms with Gasteiger partial charge in [-0.15, -0.1) is 0 Å². The fourth-order valence-corrected chi connectivity index (χ4v) is 1.73. The van der Waals surface area contributed by atoms with Crippen molar-refractivity contribution in [2.24, 2.45) is 0 Å². The number of phenolic OH excluding ortho intramolecular Hbond substituents is 1. The molecule has 3 nitrogen and oxygen atoms in total. The molecule has 4 heteroatoms. The van der Waals surface area contributed by atoms with Crippen LogP contribution >= 0.6 is 0 Å². The molecule has 0 bridgehead atoms. The van der Waals surface area contributed by atoms with Gasteiger partial charge in [0.25, 0.3) is 0 Å². The number of benzene rings is 2. The summed E-state index contributed by atoms with van der Waals surface area (Å²) in [6.45, 7) is 1.66. The van der Waals surface area contributed by atoms with E-state index in [2.05, 4.69) is 5.32 Å². The van der Waals surface area contributed by atoms with E-state index in [0.717, 1.165) is 0 Å². The molecular formula is C15H14FNO2. The Bertz CT molecular complexity index is 611. The van der Waals surface area contributed by atoms with Crippen molar-refractivity contribution >= 4 is 11.6 Å². The summed E-state index contributed by atoms with van der Waals surface area (Å²) in [4.78, 5) is 11.8. The van der Waals surface area contributed by atoms with Gasteiger partial charge in [-0.25, -0.2) is 4.39 Å². The van der Waals surface area contributed by atoms with E-state index in [1.807, 2.05) is 0 Å². The SMILES string of the molecule is Cc1ccc(NC(=O)Cc2cccc(O)c2)cc1F. The summed E-state index contributed by atoms with van der Waals surface area (Å²) in [5, 5.41) is 11.9. The second-order valence-electron chi connectivity index (χ2n) is 4.36. The smallest absolute Gasteiger partial charge is 0.228 e. The molecule has 19 heavy (non-hydrogen) atoms. The maximum Gasteiger partial charge on any atom is 0.228 e. The van der Waals surface area contributed by atoms with Gasteiger partial charge in [0.1, 0.15) is 11.6 Å². The van der Waals surface area contributed by atoms with E-state index >= 15 is 0 Å². The lowest BCUT2D eigenvalue weighted by Gasteiger charge is -2.06. The molecule has 2 aromatic rings. The second-order valence-corrected chi connectivity index (χ2v) is 4.36.